The van der Waals surface area contributed by atoms with Crippen LogP contribution in [0.3, 0.4) is 0 Å². The maximum absolute atomic E-state index is 12.0. The summed E-state index contributed by atoms with van der Waals surface area (Å²) in [6.07, 6.45) is 0.679. The standard InChI is InChI=1S/C20H27N3O3S/c1-20(2,3)16-6-8-17(9-7-16)23-19(24)14-22-13-12-15-4-10-18(11-5-15)27(21,25)26/h4-11,22H,12-14H2,1-3H3,(H,23,24)(H2,21,25,26). The lowest BCUT2D eigenvalue weighted by Gasteiger charge is -2.19. The summed E-state index contributed by atoms with van der Waals surface area (Å²) in [7, 11) is -3.67. The van der Waals surface area contributed by atoms with Gasteiger partial charge in [-0.3, -0.25) is 4.79 Å². The van der Waals surface area contributed by atoms with Gasteiger partial charge in [0.2, 0.25) is 15.9 Å². The van der Waals surface area contributed by atoms with E-state index < -0.39 is 10.0 Å². The number of rotatable bonds is 7. The van der Waals surface area contributed by atoms with Crippen LogP contribution in [0.1, 0.15) is 31.9 Å². The van der Waals surface area contributed by atoms with Crippen molar-refractivity contribution in [3.8, 4) is 0 Å². The highest BCUT2D eigenvalue weighted by atomic mass is 32.2. The number of primary sulfonamides is 1. The zero-order valence-electron chi connectivity index (χ0n) is 16.0. The third-order valence-electron chi connectivity index (χ3n) is 4.16. The van der Waals surface area contributed by atoms with Crippen molar-refractivity contribution in [2.24, 2.45) is 5.14 Å². The number of sulfonamides is 1. The molecular formula is C20H27N3O3S. The van der Waals surface area contributed by atoms with Gasteiger partial charge < -0.3 is 10.6 Å². The van der Waals surface area contributed by atoms with Crippen LogP contribution in [0.15, 0.2) is 53.4 Å². The van der Waals surface area contributed by atoms with Crippen LogP contribution in [0, 0.1) is 0 Å². The molecule has 0 atom stereocenters. The molecule has 0 saturated carbocycles. The molecule has 0 aliphatic heterocycles. The zero-order valence-corrected chi connectivity index (χ0v) is 16.8. The lowest BCUT2D eigenvalue weighted by atomic mass is 9.87. The molecule has 0 bridgehead atoms. The number of carbonyl (C=O) groups is 1. The summed E-state index contributed by atoms with van der Waals surface area (Å²) in [4.78, 5) is 12.1. The molecule has 0 fully saturated rings. The van der Waals surface area contributed by atoms with Crippen LogP contribution in [-0.4, -0.2) is 27.4 Å². The van der Waals surface area contributed by atoms with Gasteiger partial charge in [0.25, 0.3) is 0 Å². The number of nitrogens with one attached hydrogen (secondary N) is 2. The Morgan fingerprint density at radius 3 is 2.11 bits per heavy atom. The van der Waals surface area contributed by atoms with E-state index in [1.54, 1.807) is 12.1 Å². The number of anilines is 1. The van der Waals surface area contributed by atoms with Gasteiger partial charge in [-0.2, -0.15) is 0 Å². The van der Waals surface area contributed by atoms with Crippen LogP contribution in [0.25, 0.3) is 0 Å². The molecule has 0 spiro atoms. The molecule has 7 heteroatoms. The number of benzene rings is 2. The highest BCUT2D eigenvalue weighted by Crippen LogP contribution is 2.23. The van der Waals surface area contributed by atoms with Crippen molar-refractivity contribution < 1.29 is 13.2 Å². The normalized spacial score (nSPS) is 12.0. The van der Waals surface area contributed by atoms with Gasteiger partial charge in [-0.25, -0.2) is 13.6 Å². The Kier molecular flexibility index (Phi) is 6.75. The molecule has 0 aliphatic rings. The van der Waals surface area contributed by atoms with Gasteiger partial charge in [0.15, 0.2) is 0 Å². The lowest BCUT2D eigenvalue weighted by molar-refractivity contribution is -0.115. The second-order valence-corrected chi connectivity index (χ2v) is 9.05. The zero-order chi connectivity index (χ0) is 20.1. The molecule has 2 aromatic carbocycles. The monoisotopic (exact) mass is 389 g/mol. The molecule has 27 heavy (non-hydrogen) atoms. The summed E-state index contributed by atoms with van der Waals surface area (Å²) in [5.41, 5.74) is 3.03. The third-order valence-corrected chi connectivity index (χ3v) is 5.09. The molecule has 4 N–H and O–H groups in total. The van der Waals surface area contributed by atoms with Gasteiger partial charge in [-0.1, -0.05) is 45.0 Å². The van der Waals surface area contributed by atoms with Crippen LogP contribution >= 0.6 is 0 Å². The minimum atomic E-state index is -3.67. The quantitative estimate of drug-likeness (QED) is 0.633. The molecule has 2 aromatic rings. The molecule has 0 aliphatic carbocycles. The average Bonchev–Trinajstić information content (AvgIpc) is 2.58. The molecule has 1 amide bonds. The Morgan fingerprint density at radius 1 is 1.00 bits per heavy atom. The summed E-state index contributed by atoms with van der Waals surface area (Å²) in [5.74, 6) is -0.108. The Bertz CT molecular complexity index is 868. The van der Waals surface area contributed by atoms with Gasteiger partial charge in [-0.15, -0.1) is 0 Å². The smallest absolute Gasteiger partial charge is 0.238 e. The largest absolute Gasteiger partial charge is 0.325 e. The fourth-order valence-electron chi connectivity index (χ4n) is 2.54. The Balaban J connectivity index is 1.75. The molecule has 0 unspecified atom stereocenters. The molecule has 6 nitrogen and oxygen atoms in total. The first-order chi connectivity index (χ1) is 12.6. The lowest BCUT2D eigenvalue weighted by Crippen LogP contribution is -2.29. The van der Waals surface area contributed by atoms with E-state index in [0.717, 1.165) is 11.3 Å². The molecule has 0 aromatic heterocycles. The highest BCUT2D eigenvalue weighted by molar-refractivity contribution is 7.89. The number of nitrogens with two attached hydrogens (primary N) is 1. The van der Waals surface area contributed by atoms with Crippen LogP contribution < -0.4 is 15.8 Å². The second kappa shape index (κ2) is 8.65. The average molecular weight is 390 g/mol. The summed E-state index contributed by atoms with van der Waals surface area (Å²) in [5, 5.41) is 11.0. The van der Waals surface area contributed by atoms with Crippen LogP contribution in [-0.2, 0) is 26.7 Å². The van der Waals surface area contributed by atoms with E-state index >= 15 is 0 Å². The molecule has 146 valence electrons. The Hall–Kier alpha value is -2.22. The van der Waals surface area contributed by atoms with E-state index in [1.165, 1.54) is 17.7 Å². The van der Waals surface area contributed by atoms with Crippen molar-refractivity contribution in [3.05, 3.63) is 59.7 Å². The number of carbonyl (C=O) groups excluding carboxylic acids is 1. The first kappa shape index (κ1) is 21.1. The Morgan fingerprint density at radius 2 is 1.59 bits per heavy atom. The minimum Gasteiger partial charge on any atom is -0.325 e. The van der Waals surface area contributed by atoms with Crippen molar-refractivity contribution >= 4 is 21.6 Å². The van der Waals surface area contributed by atoms with E-state index in [9.17, 15) is 13.2 Å². The van der Waals surface area contributed by atoms with E-state index in [0.29, 0.717) is 13.0 Å². The van der Waals surface area contributed by atoms with Crippen molar-refractivity contribution in [1.82, 2.24) is 5.32 Å². The van der Waals surface area contributed by atoms with Crippen molar-refractivity contribution in [3.63, 3.8) is 0 Å². The molecule has 0 saturated heterocycles. The van der Waals surface area contributed by atoms with Gasteiger partial charge >= 0.3 is 0 Å². The SMILES string of the molecule is CC(C)(C)c1ccc(NC(=O)CNCCc2ccc(S(N)(=O)=O)cc2)cc1. The summed E-state index contributed by atoms with van der Waals surface area (Å²) < 4.78 is 22.4. The van der Waals surface area contributed by atoms with Gasteiger partial charge in [0, 0.05) is 5.69 Å². The first-order valence-electron chi connectivity index (χ1n) is 8.78. The first-order valence-corrected chi connectivity index (χ1v) is 10.3. The molecule has 2 rings (SSSR count). The van der Waals surface area contributed by atoms with Gasteiger partial charge in [0.05, 0.1) is 11.4 Å². The van der Waals surface area contributed by atoms with Crippen molar-refractivity contribution in [1.29, 1.82) is 0 Å². The maximum atomic E-state index is 12.0. The fourth-order valence-corrected chi connectivity index (χ4v) is 3.05. The molecule has 0 radical (unpaired) electrons. The minimum absolute atomic E-state index is 0.0800. The number of hydrogen-bond acceptors (Lipinski definition) is 4. The predicted molar refractivity (Wildman–Crippen MR) is 108 cm³/mol. The van der Waals surface area contributed by atoms with Crippen molar-refractivity contribution in [2.45, 2.75) is 37.5 Å². The van der Waals surface area contributed by atoms with Crippen molar-refractivity contribution in [2.75, 3.05) is 18.4 Å². The topological polar surface area (TPSA) is 101 Å². The van der Waals surface area contributed by atoms with Crippen LogP contribution in [0.5, 0.6) is 0 Å². The highest BCUT2D eigenvalue weighted by Gasteiger charge is 2.13. The van der Waals surface area contributed by atoms with Gasteiger partial charge in [-0.05, 0) is 53.8 Å². The fraction of sp³-hybridized carbons (Fsp3) is 0.350. The molecular weight excluding hydrogens is 362 g/mol. The molecule has 0 heterocycles. The van der Waals surface area contributed by atoms with E-state index in [1.807, 2.05) is 24.3 Å². The predicted octanol–water partition coefficient (Wildman–Crippen LogP) is 2.40. The van der Waals surface area contributed by atoms with E-state index in [-0.39, 0.29) is 22.8 Å². The Labute approximate surface area is 161 Å². The third kappa shape index (κ3) is 6.78. The van der Waals surface area contributed by atoms with Crippen LogP contribution in [0.4, 0.5) is 5.69 Å². The number of amides is 1. The maximum Gasteiger partial charge on any atom is 0.238 e. The van der Waals surface area contributed by atoms with Crippen LogP contribution in [0.2, 0.25) is 0 Å². The van der Waals surface area contributed by atoms with E-state index in [2.05, 4.69) is 31.4 Å². The second-order valence-electron chi connectivity index (χ2n) is 7.49. The number of hydrogen-bond donors (Lipinski definition) is 3. The summed E-state index contributed by atoms with van der Waals surface area (Å²) in [6, 6.07) is 14.3. The van der Waals surface area contributed by atoms with E-state index in [4.69, 9.17) is 5.14 Å². The van der Waals surface area contributed by atoms with Gasteiger partial charge in [0.1, 0.15) is 0 Å². The summed E-state index contributed by atoms with van der Waals surface area (Å²) in [6.45, 7) is 7.24. The summed E-state index contributed by atoms with van der Waals surface area (Å²) >= 11 is 0.